The summed E-state index contributed by atoms with van der Waals surface area (Å²) >= 11 is 0. The summed E-state index contributed by atoms with van der Waals surface area (Å²) in [4.78, 5) is 33.0. The fourth-order valence-electron chi connectivity index (χ4n) is 6.56. The topological polar surface area (TPSA) is 175 Å². The molecule has 1 unspecified atom stereocenters. The van der Waals surface area contributed by atoms with Crippen molar-refractivity contribution in [3.63, 3.8) is 0 Å². The number of benzene rings is 4. The van der Waals surface area contributed by atoms with Crippen LogP contribution in [-0.4, -0.2) is 83.9 Å². The molecule has 3 amide bonds. The van der Waals surface area contributed by atoms with E-state index < -0.39 is 17.0 Å². The zero-order valence-corrected chi connectivity index (χ0v) is 33.7. The molecule has 0 aliphatic carbocycles. The lowest BCUT2D eigenvalue weighted by Gasteiger charge is -2.24. The third-order valence-corrected chi connectivity index (χ3v) is 9.94. The number of nitrogens with one attached hydrogen (secondary N) is 5. The average molecular weight is 796 g/mol. The molecule has 0 radical (unpaired) electrons. The number of hydrogen-bond donors (Lipinski definition) is 6. The number of urea groups is 1. The molecule has 1 fully saturated rings. The van der Waals surface area contributed by atoms with E-state index in [9.17, 15) is 18.9 Å². The minimum atomic E-state index is -1.37. The van der Waals surface area contributed by atoms with Gasteiger partial charge in [-0.25, -0.2) is 14.0 Å². The molecule has 0 saturated carbocycles. The second-order valence-electron chi connectivity index (χ2n) is 14.7. The van der Waals surface area contributed by atoms with E-state index in [-0.39, 0.29) is 17.4 Å². The van der Waals surface area contributed by atoms with Crippen LogP contribution in [0.4, 0.5) is 33.4 Å². The highest BCUT2D eigenvalue weighted by molar-refractivity contribution is 7.85. The number of amides is 3. The van der Waals surface area contributed by atoms with Crippen LogP contribution in [0.5, 0.6) is 23.0 Å². The predicted molar refractivity (Wildman–Crippen MR) is 226 cm³/mol. The quantitative estimate of drug-likeness (QED) is 0.0673. The number of nitrogens with zero attached hydrogens (tertiary/aromatic N) is 2. The molecule has 6 rings (SSSR count). The van der Waals surface area contributed by atoms with E-state index in [1.54, 1.807) is 48.7 Å². The number of carbonyl (C=O) groups is 2. The van der Waals surface area contributed by atoms with Crippen LogP contribution in [0.1, 0.15) is 43.1 Å². The molecular weight excluding hydrogens is 747 g/mol. The molecule has 4 aromatic carbocycles. The summed E-state index contributed by atoms with van der Waals surface area (Å²) in [6.07, 6.45) is 3.60. The maximum atomic E-state index is 13.5. The molecular formula is C42H49N7O7S. The highest BCUT2D eigenvalue weighted by Gasteiger charge is 2.23. The summed E-state index contributed by atoms with van der Waals surface area (Å²) in [6, 6.07) is 23.1. The van der Waals surface area contributed by atoms with Gasteiger partial charge in [-0.2, -0.15) is 0 Å². The third-order valence-electron chi connectivity index (χ3n) is 9.43. The Morgan fingerprint density at radius 1 is 0.912 bits per heavy atom. The zero-order chi connectivity index (χ0) is 40.7. The Hall–Kier alpha value is -5.90. The van der Waals surface area contributed by atoms with Crippen LogP contribution >= 0.6 is 0 Å². The Labute approximate surface area is 334 Å². The summed E-state index contributed by atoms with van der Waals surface area (Å²) in [5, 5.41) is 23.3. The van der Waals surface area contributed by atoms with Gasteiger partial charge in [0.25, 0.3) is 5.91 Å². The maximum absolute atomic E-state index is 13.5. The summed E-state index contributed by atoms with van der Waals surface area (Å²) < 4.78 is 32.6. The third kappa shape index (κ3) is 10.3. The molecule has 2 heterocycles. The standard InChI is InChI=1S/C42H49N7O7S/c1-42(2,3)26-21-34(39(55-5)35(22-26)48-57(6)53)47-41(52)46-33-13-14-36(31-10-8-7-9-30(31)33)56-29-15-17-43-38(24-29)45-27-11-12-32(37(23-27)54-4)40(51)44-18-20-49-19-16-28(50)25-49/h7-15,17,21-24,28,48,50H,16,18-20,25H2,1-6H3,(H,43,45)(H,44,51)(H2,46,47,52)/t28-,57?/m1/s1. The van der Waals surface area contributed by atoms with E-state index in [1.165, 1.54) is 20.5 Å². The fraction of sp³-hybridized carbons (Fsp3) is 0.310. The number of β-amino-alcohol motifs (C(OH)–C–C–N with tert-alkyl or cyclic N) is 1. The second-order valence-corrected chi connectivity index (χ2v) is 15.8. The monoisotopic (exact) mass is 795 g/mol. The summed E-state index contributed by atoms with van der Waals surface area (Å²) in [5.41, 5.74) is 3.21. The number of aromatic nitrogens is 1. The number of carbonyl (C=O) groups excluding carboxylic acids is 2. The fourth-order valence-corrected chi connectivity index (χ4v) is 7.02. The van der Waals surface area contributed by atoms with Gasteiger partial charge in [0.05, 0.1) is 42.9 Å². The number of methoxy groups -OCH3 is 2. The Bertz CT molecular complexity index is 2280. The van der Waals surface area contributed by atoms with Crippen molar-refractivity contribution in [3.8, 4) is 23.0 Å². The molecule has 6 N–H and O–H groups in total. The lowest BCUT2D eigenvalue weighted by atomic mass is 9.86. The first-order valence-electron chi connectivity index (χ1n) is 18.5. The first kappa shape index (κ1) is 40.8. The zero-order valence-electron chi connectivity index (χ0n) is 32.9. The van der Waals surface area contributed by atoms with Crippen molar-refractivity contribution in [1.29, 1.82) is 0 Å². The van der Waals surface area contributed by atoms with Gasteiger partial charge in [0.1, 0.15) is 34.1 Å². The molecule has 0 spiro atoms. The number of likely N-dealkylation sites (tertiary alicyclic amines) is 1. The number of fused-ring (bicyclic) bond motifs is 1. The molecule has 1 aliphatic heterocycles. The number of aliphatic hydroxyl groups is 1. The number of aliphatic hydroxyl groups excluding tert-OH is 1. The van der Waals surface area contributed by atoms with Gasteiger partial charge in [-0.05, 0) is 59.9 Å². The lowest BCUT2D eigenvalue weighted by Crippen LogP contribution is -2.34. The number of pyridine rings is 1. The van der Waals surface area contributed by atoms with Gasteiger partial charge in [-0.3, -0.25) is 9.69 Å². The SMILES string of the molecule is COc1cc(Nc2cc(Oc3ccc(NC(=O)Nc4cc(C(C)(C)C)cc(NS(C)=O)c4OC)c4ccccc34)ccn2)ccc1C(=O)NCCN1CC[C@@H](O)C1. The van der Waals surface area contributed by atoms with Crippen molar-refractivity contribution in [2.75, 3.05) is 67.3 Å². The van der Waals surface area contributed by atoms with Gasteiger partial charge in [-0.15, -0.1) is 0 Å². The van der Waals surface area contributed by atoms with Crippen molar-refractivity contribution < 1.29 is 33.1 Å². The number of ether oxygens (including phenoxy) is 3. The van der Waals surface area contributed by atoms with Crippen LogP contribution in [0.2, 0.25) is 0 Å². The van der Waals surface area contributed by atoms with Crippen molar-refractivity contribution in [2.45, 2.75) is 38.7 Å². The van der Waals surface area contributed by atoms with Crippen LogP contribution in [0, 0.1) is 0 Å². The first-order chi connectivity index (χ1) is 27.3. The van der Waals surface area contributed by atoms with E-state index in [0.29, 0.717) is 76.8 Å². The van der Waals surface area contributed by atoms with Crippen LogP contribution in [0.25, 0.3) is 10.8 Å². The molecule has 1 saturated heterocycles. The molecule has 0 bridgehead atoms. The molecule has 1 aliphatic rings. The van der Waals surface area contributed by atoms with Gasteiger partial charge in [0.2, 0.25) is 0 Å². The van der Waals surface area contributed by atoms with E-state index in [2.05, 4.69) is 56.6 Å². The lowest BCUT2D eigenvalue weighted by molar-refractivity contribution is 0.0946. The van der Waals surface area contributed by atoms with Gasteiger partial charge in [-0.1, -0.05) is 45.0 Å². The van der Waals surface area contributed by atoms with Gasteiger partial charge < -0.3 is 45.3 Å². The van der Waals surface area contributed by atoms with Gasteiger partial charge >= 0.3 is 6.03 Å². The summed E-state index contributed by atoms with van der Waals surface area (Å²) in [7, 11) is 1.64. The summed E-state index contributed by atoms with van der Waals surface area (Å²) in [6.45, 7) is 8.72. The minimum absolute atomic E-state index is 0.245. The second kappa shape index (κ2) is 17.9. The molecule has 14 nitrogen and oxygen atoms in total. The normalized spacial score (nSPS) is 14.8. The molecule has 300 valence electrons. The molecule has 1 aromatic heterocycles. The first-order valence-corrected chi connectivity index (χ1v) is 20.1. The Morgan fingerprint density at radius 2 is 1.67 bits per heavy atom. The molecule has 15 heteroatoms. The Balaban J connectivity index is 1.14. The largest absolute Gasteiger partial charge is 0.496 e. The van der Waals surface area contributed by atoms with Crippen LogP contribution in [-0.2, 0) is 16.4 Å². The van der Waals surface area contributed by atoms with Crippen molar-refractivity contribution >= 4 is 62.3 Å². The Morgan fingerprint density at radius 3 is 2.37 bits per heavy atom. The van der Waals surface area contributed by atoms with E-state index in [0.717, 1.165) is 29.3 Å². The highest BCUT2D eigenvalue weighted by atomic mass is 32.2. The van der Waals surface area contributed by atoms with E-state index in [1.807, 2.05) is 36.4 Å². The smallest absolute Gasteiger partial charge is 0.323 e. The highest BCUT2D eigenvalue weighted by Crippen LogP contribution is 2.40. The molecule has 2 atom stereocenters. The van der Waals surface area contributed by atoms with Gasteiger partial charge in [0.15, 0.2) is 5.75 Å². The molecule has 5 aromatic rings. The Kier molecular flexibility index (Phi) is 12.8. The van der Waals surface area contributed by atoms with Crippen molar-refractivity contribution in [2.24, 2.45) is 0 Å². The summed E-state index contributed by atoms with van der Waals surface area (Å²) in [5.74, 6) is 2.11. The van der Waals surface area contributed by atoms with Crippen LogP contribution in [0.3, 0.4) is 0 Å². The van der Waals surface area contributed by atoms with Crippen molar-refractivity contribution in [1.82, 2.24) is 15.2 Å². The van der Waals surface area contributed by atoms with Gasteiger partial charge in [0, 0.05) is 67.2 Å². The number of rotatable bonds is 14. The van der Waals surface area contributed by atoms with E-state index >= 15 is 0 Å². The van der Waals surface area contributed by atoms with Crippen LogP contribution < -0.4 is 40.2 Å². The maximum Gasteiger partial charge on any atom is 0.323 e. The predicted octanol–water partition coefficient (Wildman–Crippen LogP) is 7.23. The number of hydrogen-bond acceptors (Lipinski definition) is 10. The van der Waals surface area contributed by atoms with Crippen LogP contribution in [0.15, 0.2) is 85.1 Å². The average Bonchev–Trinajstić information content (AvgIpc) is 3.59. The molecule has 57 heavy (non-hydrogen) atoms. The van der Waals surface area contributed by atoms with Crippen molar-refractivity contribution in [3.05, 3.63) is 96.2 Å². The minimum Gasteiger partial charge on any atom is -0.496 e. The number of anilines is 5. The van der Waals surface area contributed by atoms with E-state index in [4.69, 9.17) is 14.2 Å².